The molecular formula is C8H14F3NO. The number of nitrogens with zero attached hydrogens (tertiary/aromatic N) is 1. The molecule has 0 aromatic carbocycles. The molecule has 1 aliphatic heterocycles. The molecule has 0 aliphatic carbocycles. The summed E-state index contributed by atoms with van der Waals surface area (Å²) in [4.78, 5) is 1.66. The zero-order valence-corrected chi connectivity index (χ0v) is 7.51. The van der Waals surface area contributed by atoms with Gasteiger partial charge in [0.1, 0.15) is 0 Å². The molecule has 0 aromatic rings. The Labute approximate surface area is 75.3 Å². The second-order valence-corrected chi connectivity index (χ2v) is 3.71. The molecule has 1 aliphatic rings. The minimum Gasteiger partial charge on any atom is -0.382 e. The van der Waals surface area contributed by atoms with E-state index >= 15 is 0 Å². The van der Waals surface area contributed by atoms with Gasteiger partial charge in [-0.2, -0.15) is 13.2 Å². The van der Waals surface area contributed by atoms with Crippen LogP contribution in [-0.4, -0.2) is 41.9 Å². The zero-order chi connectivity index (χ0) is 10.1. The maximum Gasteiger partial charge on any atom is 0.415 e. The topological polar surface area (TPSA) is 23.5 Å². The number of likely N-dealkylation sites (tertiary alicyclic amines) is 1. The summed E-state index contributed by atoms with van der Waals surface area (Å²) >= 11 is 0. The normalized spacial score (nSPS) is 27.9. The summed E-state index contributed by atoms with van der Waals surface area (Å²) in [5, 5.41) is 8.77. The van der Waals surface area contributed by atoms with E-state index in [-0.39, 0.29) is 6.54 Å². The number of hydrogen-bond acceptors (Lipinski definition) is 2. The van der Waals surface area contributed by atoms with Crippen molar-refractivity contribution in [1.82, 2.24) is 4.90 Å². The molecule has 1 fully saturated rings. The van der Waals surface area contributed by atoms with Crippen LogP contribution in [0.2, 0.25) is 0 Å². The van der Waals surface area contributed by atoms with Crippen LogP contribution in [0, 0.1) is 5.92 Å². The summed E-state index contributed by atoms with van der Waals surface area (Å²) in [6.45, 7) is 3.04. The Morgan fingerprint density at radius 1 is 1.54 bits per heavy atom. The van der Waals surface area contributed by atoms with Gasteiger partial charge in [0.25, 0.3) is 0 Å². The van der Waals surface area contributed by atoms with Gasteiger partial charge in [-0.05, 0) is 18.9 Å². The maximum absolute atomic E-state index is 11.9. The third-order valence-electron chi connectivity index (χ3n) is 2.32. The summed E-state index contributed by atoms with van der Waals surface area (Å²) in [6, 6.07) is 0. The fourth-order valence-corrected chi connectivity index (χ4v) is 1.54. The molecule has 1 N–H and O–H groups in total. The molecule has 0 radical (unpaired) electrons. The predicted octanol–water partition coefficient (Wildman–Crippen LogP) is 1.25. The molecular weight excluding hydrogens is 183 g/mol. The number of hydrogen-bond donors (Lipinski definition) is 1. The summed E-state index contributed by atoms with van der Waals surface area (Å²) in [5.41, 5.74) is 0. The lowest BCUT2D eigenvalue weighted by molar-refractivity contribution is -0.207. The van der Waals surface area contributed by atoms with Crippen LogP contribution in [0.25, 0.3) is 0 Å². The molecule has 0 spiro atoms. The number of alkyl halides is 3. The fourth-order valence-electron chi connectivity index (χ4n) is 1.54. The van der Waals surface area contributed by atoms with Gasteiger partial charge in [-0.15, -0.1) is 0 Å². The van der Waals surface area contributed by atoms with E-state index in [1.54, 1.807) is 4.90 Å². The third kappa shape index (κ3) is 3.15. The third-order valence-corrected chi connectivity index (χ3v) is 2.32. The summed E-state index contributed by atoms with van der Waals surface area (Å²) in [7, 11) is 0. The van der Waals surface area contributed by atoms with Crippen molar-refractivity contribution in [3.05, 3.63) is 0 Å². The van der Waals surface area contributed by atoms with Crippen molar-refractivity contribution in [3.63, 3.8) is 0 Å². The van der Waals surface area contributed by atoms with Crippen LogP contribution >= 0.6 is 0 Å². The van der Waals surface area contributed by atoms with Crippen molar-refractivity contribution in [2.45, 2.75) is 25.6 Å². The molecule has 2 atom stereocenters. The lowest BCUT2D eigenvalue weighted by Gasteiger charge is -2.21. The zero-order valence-electron chi connectivity index (χ0n) is 7.51. The van der Waals surface area contributed by atoms with Crippen LogP contribution < -0.4 is 0 Å². The van der Waals surface area contributed by atoms with Gasteiger partial charge in [-0.1, -0.05) is 6.92 Å². The molecule has 1 saturated heterocycles. The molecule has 0 bridgehead atoms. The first-order valence-corrected chi connectivity index (χ1v) is 4.36. The van der Waals surface area contributed by atoms with Crippen LogP contribution in [-0.2, 0) is 0 Å². The average Bonchev–Trinajstić information content (AvgIpc) is 2.33. The molecule has 5 heteroatoms. The Kier molecular flexibility index (Phi) is 3.18. The highest BCUT2D eigenvalue weighted by Gasteiger charge is 2.39. The molecule has 78 valence electrons. The minimum absolute atomic E-state index is 0.284. The molecule has 2 nitrogen and oxygen atoms in total. The molecule has 1 rings (SSSR count). The van der Waals surface area contributed by atoms with Crippen molar-refractivity contribution < 1.29 is 18.3 Å². The number of rotatable bonds is 2. The smallest absolute Gasteiger partial charge is 0.382 e. The SMILES string of the molecule is CC1CCN(CC(O)C(F)(F)F)C1. The standard InChI is InChI=1S/C8H14F3NO/c1-6-2-3-12(4-6)5-7(13)8(9,10)11/h6-7,13H,2-5H2,1H3. The second-order valence-electron chi connectivity index (χ2n) is 3.71. The average molecular weight is 197 g/mol. The first-order valence-electron chi connectivity index (χ1n) is 4.36. The van der Waals surface area contributed by atoms with Crippen molar-refractivity contribution in [3.8, 4) is 0 Å². The van der Waals surface area contributed by atoms with Crippen molar-refractivity contribution in [1.29, 1.82) is 0 Å². The van der Waals surface area contributed by atoms with E-state index in [1.165, 1.54) is 0 Å². The molecule has 13 heavy (non-hydrogen) atoms. The van der Waals surface area contributed by atoms with Gasteiger partial charge >= 0.3 is 6.18 Å². The van der Waals surface area contributed by atoms with Gasteiger partial charge in [0, 0.05) is 13.1 Å². The number of β-amino-alcohol motifs (C(OH)–C–C–N with tert-alkyl or cyclic N) is 1. The van der Waals surface area contributed by atoms with E-state index in [4.69, 9.17) is 5.11 Å². The molecule has 2 unspecified atom stereocenters. The Hall–Kier alpha value is -0.290. The number of aliphatic hydroxyl groups excluding tert-OH is 1. The first-order chi connectivity index (χ1) is 5.89. The van der Waals surface area contributed by atoms with Crippen LogP contribution in [0.1, 0.15) is 13.3 Å². The number of aliphatic hydroxyl groups is 1. The summed E-state index contributed by atoms with van der Waals surface area (Å²) in [6.07, 6.45) is -5.76. The van der Waals surface area contributed by atoms with Crippen LogP contribution in [0.4, 0.5) is 13.2 Å². The van der Waals surface area contributed by atoms with E-state index in [1.807, 2.05) is 6.92 Å². The fraction of sp³-hybridized carbons (Fsp3) is 1.00. The van der Waals surface area contributed by atoms with Gasteiger partial charge in [-0.3, -0.25) is 0 Å². The van der Waals surface area contributed by atoms with E-state index in [0.717, 1.165) is 6.42 Å². The van der Waals surface area contributed by atoms with Crippen LogP contribution in [0.5, 0.6) is 0 Å². The highest BCUT2D eigenvalue weighted by Crippen LogP contribution is 2.23. The maximum atomic E-state index is 11.9. The Morgan fingerprint density at radius 3 is 2.54 bits per heavy atom. The quantitative estimate of drug-likeness (QED) is 0.720. The highest BCUT2D eigenvalue weighted by atomic mass is 19.4. The van der Waals surface area contributed by atoms with E-state index in [9.17, 15) is 13.2 Å². The summed E-state index contributed by atoms with van der Waals surface area (Å²) in [5.74, 6) is 0.445. The van der Waals surface area contributed by atoms with Crippen LogP contribution in [0.3, 0.4) is 0 Å². The van der Waals surface area contributed by atoms with Crippen molar-refractivity contribution in [2.75, 3.05) is 19.6 Å². The Bertz CT molecular complexity index is 171. The predicted molar refractivity (Wildman–Crippen MR) is 42.3 cm³/mol. The monoisotopic (exact) mass is 197 g/mol. The van der Waals surface area contributed by atoms with Gasteiger partial charge in [0.2, 0.25) is 0 Å². The molecule has 0 aromatic heterocycles. The van der Waals surface area contributed by atoms with Crippen LogP contribution in [0.15, 0.2) is 0 Å². The highest BCUT2D eigenvalue weighted by molar-refractivity contribution is 4.77. The molecule has 0 amide bonds. The lowest BCUT2D eigenvalue weighted by atomic mass is 10.2. The van der Waals surface area contributed by atoms with Crippen molar-refractivity contribution >= 4 is 0 Å². The van der Waals surface area contributed by atoms with E-state index in [0.29, 0.717) is 19.0 Å². The first kappa shape index (κ1) is 10.8. The second kappa shape index (κ2) is 3.84. The lowest BCUT2D eigenvalue weighted by Crippen LogP contribution is -2.40. The van der Waals surface area contributed by atoms with E-state index < -0.39 is 12.3 Å². The largest absolute Gasteiger partial charge is 0.415 e. The van der Waals surface area contributed by atoms with Crippen molar-refractivity contribution in [2.24, 2.45) is 5.92 Å². The van der Waals surface area contributed by atoms with Gasteiger partial charge in [-0.25, -0.2) is 0 Å². The van der Waals surface area contributed by atoms with Gasteiger partial charge in [0.05, 0.1) is 0 Å². The van der Waals surface area contributed by atoms with Gasteiger partial charge < -0.3 is 10.0 Å². The Morgan fingerprint density at radius 2 is 2.15 bits per heavy atom. The Balaban J connectivity index is 2.33. The molecule has 1 heterocycles. The summed E-state index contributed by atoms with van der Waals surface area (Å²) < 4.78 is 35.8. The molecule has 0 saturated carbocycles. The minimum atomic E-state index is -4.48. The number of halogens is 3. The van der Waals surface area contributed by atoms with Gasteiger partial charge in [0.15, 0.2) is 6.10 Å². The van der Waals surface area contributed by atoms with E-state index in [2.05, 4.69) is 0 Å².